The summed E-state index contributed by atoms with van der Waals surface area (Å²) in [4.78, 5) is 27.3. The first-order valence-electron chi connectivity index (χ1n) is 10.6. The number of hydrogen-bond donors (Lipinski definition) is 2. The number of nitrogens with one attached hydrogen (secondary N) is 1. The van der Waals surface area contributed by atoms with Crippen molar-refractivity contribution in [1.29, 1.82) is 0 Å². The molecular weight excluding hydrogens is 437 g/mol. The van der Waals surface area contributed by atoms with E-state index in [-0.39, 0.29) is 19.2 Å². The van der Waals surface area contributed by atoms with Crippen molar-refractivity contribution in [2.45, 2.75) is 24.6 Å². The van der Waals surface area contributed by atoms with Crippen molar-refractivity contribution < 1.29 is 32.7 Å². The molecule has 2 aliphatic rings. The number of aromatic nitrogens is 1. The third kappa shape index (κ3) is 5.17. The fraction of sp³-hybridized carbons (Fsp3) is 0.476. The molecule has 4 rings (SSSR count). The number of rotatable bonds is 8. The maximum Gasteiger partial charge on any atom is 0.414 e. The highest BCUT2D eigenvalue weighted by atomic mass is 19.1. The van der Waals surface area contributed by atoms with E-state index in [1.807, 2.05) is 4.90 Å². The number of cyclic esters (lactones) is 1. The molecule has 2 aromatic rings. The molecular formula is C21H26FN5O6. The van der Waals surface area contributed by atoms with Gasteiger partial charge in [-0.25, -0.2) is 14.0 Å². The molecule has 1 aromatic heterocycles. The molecule has 3 atom stereocenters. The fourth-order valence-corrected chi connectivity index (χ4v) is 3.91. The van der Waals surface area contributed by atoms with Gasteiger partial charge in [0.1, 0.15) is 30.5 Å². The number of anilines is 2. The van der Waals surface area contributed by atoms with Gasteiger partial charge in [0, 0.05) is 26.3 Å². The van der Waals surface area contributed by atoms with Gasteiger partial charge in [-0.15, -0.1) is 0 Å². The van der Waals surface area contributed by atoms with E-state index in [1.54, 1.807) is 18.2 Å². The number of carbonyl (C=O) groups is 2. The molecule has 2 amide bonds. The van der Waals surface area contributed by atoms with E-state index >= 15 is 0 Å². The van der Waals surface area contributed by atoms with Gasteiger partial charge >= 0.3 is 12.2 Å². The number of nitrogens with zero attached hydrogens (tertiary/aromatic N) is 3. The monoisotopic (exact) mass is 463 g/mol. The molecule has 33 heavy (non-hydrogen) atoms. The second-order valence-corrected chi connectivity index (χ2v) is 7.82. The van der Waals surface area contributed by atoms with Crippen molar-refractivity contribution in [3.8, 4) is 0 Å². The summed E-state index contributed by atoms with van der Waals surface area (Å²) in [6, 6.07) is 5.35. The smallest absolute Gasteiger partial charge is 0.414 e. The number of alkyl carbamates (subject to hydrolysis) is 1. The molecule has 3 N–H and O–H groups in total. The summed E-state index contributed by atoms with van der Waals surface area (Å²) in [5, 5.41) is 6.55. The summed E-state index contributed by atoms with van der Waals surface area (Å²) in [5.41, 5.74) is 7.34. The lowest BCUT2D eigenvalue weighted by molar-refractivity contribution is 0.0969. The van der Waals surface area contributed by atoms with Crippen LogP contribution in [0.4, 0.5) is 25.4 Å². The van der Waals surface area contributed by atoms with Crippen molar-refractivity contribution in [3.63, 3.8) is 0 Å². The van der Waals surface area contributed by atoms with Gasteiger partial charge in [-0.1, -0.05) is 5.16 Å². The highest BCUT2D eigenvalue weighted by Crippen LogP contribution is 2.31. The Hall–Kier alpha value is -3.38. The van der Waals surface area contributed by atoms with Crippen LogP contribution in [0.3, 0.4) is 0 Å². The third-order valence-electron chi connectivity index (χ3n) is 5.65. The maximum absolute atomic E-state index is 15.0. The molecule has 0 spiro atoms. The molecule has 1 aromatic carbocycles. The molecule has 178 valence electrons. The van der Waals surface area contributed by atoms with Crippen LogP contribution < -0.4 is 20.9 Å². The molecule has 2 unspecified atom stereocenters. The predicted molar refractivity (Wildman–Crippen MR) is 114 cm³/mol. The number of hydrogen-bond acceptors (Lipinski definition) is 9. The average Bonchev–Trinajstić information content (AvgIpc) is 3.55. The molecule has 12 heteroatoms. The van der Waals surface area contributed by atoms with Crippen LogP contribution in [0.25, 0.3) is 0 Å². The van der Waals surface area contributed by atoms with E-state index in [4.69, 9.17) is 24.5 Å². The second-order valence-electron chi connectivity index (χ2n) is 7.82. The van der Waals surface area contributed by atoms with Gasteiger partial charge in [0.25, 0.3) is 0 Å². The molecule has 2 aliphatic heterocycles. The fourth-order valence-electron chi connectivity index (χ4n) is 3.91. The quantitative estimate of drug-likeness (QED) is 0.562. The zero-order valence-electron chi connectivity index (χ0n) is 18.1. The number of ether oxygens (including phenoxy) is 3. The van der Waals surface area contributed by atoms with Crippen molar-refractivity contribution in [2.24, 2.45) is 5.73 Å². The molecule has 0 saturated carbocycles. The lowest BCUT2D eigenvalue weighted by atomic mass is 10.1. The van der Waals surface area contributed by atoms with Crippen molar-refractivity contribution in [3.05, 3.63) is 42.0 Å². The highest BCUT2D eigenvalue weighted by Gasteiger charge is 2.38. The number of methoxy groups -OCH3 is 1. The lowest BCUT2D eigenvalue weighted by Gasteiger charge is -2.21. The Morgan fingerprint density at radius 2 is 2.21 bits per heavy atom. The topological polar surface area (TPSA) is 132 Å². The lowest BCUT2D eigenvalue weighted by Crippen LogP contribution is -2.38. The van der Waals surface area contributed by atoms with Crippen LogP contribution in [-0.2, 0) is 14.2 Å². The first kappa shape index (κ1) is 22.8. The average molecular weight is 463 g/mol. The molecule has 11 nitrogen and oxygen atoms in total. The molecule has 2 saturated heterocycles. The Bertz CT molecular complexity index is 974. The Morgan fingerprint density at radius 1 is 1.36 bits per heavy atom. The number of amides is 2. The van der Waals surface area contributed by atoms with E-state index in [0.29, 0.717) is 43.2 Å². The van der Waals surface area contributed by atoms with Crippen LogP contribution in [0.5, 0.6) is 0 Å². The second kappa shape index (κ2) is 10.0. The summed E-state index contributed by atoms with van der Waals surface area (Å²) in [6.07, 6.45) is 0.268. The van der Waals surface area contributed by atoms with Crippen molar-refractivity contribution >= 4 is 23.6 Å². The number of halogens is 1. The highest BCUT2D eigenvalue weighted by molar-refractivity contribution is 5.90. The van der Waals surface area contributed by atoms with Gasteiger partial charge < -0.3 is 34.7 Å². The zero-order chi connectivity index (χ0) is 23.4. The summed E-state index contributed by atoms with van der Waals surface area (Å²) in [7, 11) is 1.52. The van der Waals surface area contributed by atoms with Crippen LogP contribution in [-0.4, -0.2) is 69.4 Å². The van der Waals surface area contributed by atoms with Gasteiger partial charge in [-0.2, -0.15) is 0 Å². The van der Waals surface area contributed by atoms with E-state index in [9.17, 15) is 14.0 Å². The largest absolute Gasteiger partial charge is 0.447 e. The Morgan fingerprint density at radius 3 is 2.94 bits per heavy atom. The van der Waals surface area contributed by atoms with E-state index in [1.165, 1.54) is 24.3 Å². The van der Waals surface area contributed by atoms with Gasteiger partial charge in [0.15, 0.2) is 0 Å². The van der Waals surface area contributed by atoms with Crippen molar-refractivity contribution in [2.75, 3.05) is 49.8 Å². The normalized spacial score (nSPS) is 21.2. The van der Waals surface area contributed by atoms with E-state index < -0.39 is 30.1 Å². The number of benzene rings is 1. The van der Waals surface area contributed by atoms with Gasteiger partial charge in [-0.05, 0) is 24.6 Å². The van der Waals surface area contributed by atoms with Crippen LogP contribution in [0.2, 0.25) is 0 Å². The molecule has 0 bridgehead atoms. The minimum Gasteiger partial charge on any atom is -0.447 e. The number of nitrogens with two attached hydrogens (primary N) is 1. The predicted octanol–water partition coefficient (Wildman–Crippen LogP) is 1.79. The van der Waals surface area contributed by atoms with Gasteiger partial charge in [0.2, 0.25) is 0 Å². The Labute approximate surface area is 189 Å². The first-order valence-corrected chi connectivity index (χ1v) is 10.6. The molecule has 2 fully saturated rings. The van der Waals surface area contributed by atoms with Crippen LogP contribution >= 0.6 is 0 Å². The van der Waals surface area contributed by atoms with E-state index in [0.717, 1.165) is 0 Å². The Balaban J connectivity index is 1.36. The zero-order valence-corrected chi connectivity index (χ0v) is 18.1. The Kier molecular flexibility index (Phi) is 6.94. The first-order chi connectivity index (χ1) is 16.0. The van der Waals surface area contributed by atoms with Gasteiger partial charge in [-0.3, -0.25) is 4.90 Å². The van der Waals surface area contributed by atoms with Crippen LogP contribution in [0.15, 0.2) is 35.1 Å². The molecule has 0 radical (unpaired) electrons. The minimum absolute atomic E-state index is 0.159. The summed E-state index contributed by atoms with van der Waals surface area (Å²) >= 11 is 0. The van der Waals surface area contributed by atoms with Gasteiger partial charge in [0.05, 0.1) is 36.6 Å². The van der Waals surface area contributed by atoms with Crippen LogP contribution in [0, 0.1) is 5.82 Å². The SMILES string of the molecule is COCCOC(=O)NC1CCN(c2ccc(N3CC([C@@H](N)c4ccon4)OC3=O)cc2F)C1. The van der Waals surface area contributed by atoms with E-state index in [2.05, 4.69) is 10.5 Å². The number of carbonyl (C=O) groups excluding carboxylic acids is 2. The standard InChI is InChI=1S/C21H26FN5O6/c1-30-8-9-31-20(28)24-13-4-6-26(11-13)17-3-2-14(10-15(17)22)27-12-18(33-21(27)29)19(23)16-5-7-32-25-16/h2-3,5,7,10,13,18-19H,4,6,8-9,11-12,23H2,1H3,(H,24,28)/t13?,18?,19-/m0/s1. The molecule has 3 heterocycles. The summed E-state index contributed by atoms with van der Waals surface area (Å²) in [5.74, 6) is -0.479. The molecule has 0 aliphatic carbocycles. The van der Waals surface area contributed by atoms with Crippen LogP contribution in [0.1, 0.15) is 18.2 Å². The maximum atomic E-state index is 15.0. The van der Waals surface area contributed by atoms with Crippen molar-refractivity contribution in [1.82, 2.24) is 10.5 Å². The minimum atomic E-state index is -0.656. The summed E-state index contributed by atoms with van der Waals surface area (Å²) in [6.45, 7) is 1.65. The third-order valence-corrected chi connectivity index (χ3v) is 5.65. The summed E-state index contributed by atoms with van der Waals surface area (Å²) < 4.78 is 35.0.